The molecule has 0 unspecified atom stereocenters. The van der Waals surface area contributed by atoms with Crippen molar-refractivity contribution in [2.24, 2.45) is 0 Å². The van der Waals surface area contributed by atoms with E-state index in [0.29, 0.717) is 0 Å². The Morgan fingerprint density at radius 1 is 1.19 bits per heavy atom. The minimum Gasteiger partial charge on any atom is -0.238 e. The predicted octanol–water partition coefficient (Wildman–Crippen LogP) is 3.69. The Hall–Kier alpha value is -1.09. The first-order valence-electron chi connectivity index (χ1n) is 5.31. The second-order valence-corrected chi connectivity index (χ2v) is 4.64. The Kier molecular flexibility index (Phi) is 3.15. The first kappa shape index (κ1) is 11.4. The number of aromatic nitrogens is 2. The molecule has 1 aromatic carbocycles. The summed E-state index contributed by atoms with van der Waals surface area (Å²) in [5, 5.41) is 5.38. The van der Waals surface area contributed by atoms with Crippen LogP contribution in [0.1, 0.15) is 22.5 Å². The highest BCUT2D eigenvalue weighted by atomic mass is 79.9. The molecular formula is C13H15BrN2. The first-order valence-corrected chi connectivity index (χ1v) is 6.43. The third kappa shape index (κ3) is 2.05. The molecule has 2 rings (SSSR count). The summed E-state index contributed by atoms with van der Waals surface area (Å²) in [5.41, 5.74) is 5.98. The lowest BCUT2D eigenvalue weighted by Gasteiger charge is -2.08. The Labute approximate surface area is 104 Å². The average molecular weight is 279 g/mol. The molecule has 0 N–H and O–H groups in total. The highest BCUT2D eigenvalue weighted by Crippen LogP contribution is 2.18. The summed E-state index contributed by atoms with van der Waals surface area (Å²) in [6.07, 6.45) is 0. The van der Waals surface area contributed by atoms with E-state index in [1.54, 1.807) is 0 Å². The molecule has 0 saturated heterocycles. The number of alkyl halides is 1. The van der Waals surface area contributed by atoms with Crippen LogP contribution in [0.2, 0.25) is 0 Å². The van der Waals surface area contributed by atoms with Gasteiger partial charge in [0.2, 0.25) is 0 Å². The third-order valence-corrected chi connectivity index (χ3v) is 3.33. The molecule has 0 saturated carbocycles. The molecule has 2 aromatic rings. The molecule has 0 spiro atoms. The van der Waals surface area contributed by atoms with Crippen LogP contribution in [-0.2, 0) is 5.33 Å². The zero-order valence-electron chi connectivity index (χ0n) is 9.79. The Morgan fingerprint density at radius 2 is 1.94 bits per heavy atom. The van der Waals surface area contributed by atoms with Crippen molar-refractivity contribution in [1.29, 1.82) is 0 Å². The van der Waals surface area contributed by atoms with Crippen LogP contribution in [0.5, 0.6) is 0 Å². The molecular weight excluding hydrogens is 264 g/mol. The molecule has 0 atom stereocenters. The van der Waals surface area contributed by atoms with Gasteiger partial charge in [-0.1, -0.05) is 22.0 Å². The summed E-state index contributed by atoms with van der Waals surface area (Å²) in [5.74, 6) is 0. The summed E-state index contributed by atoms with van der Waals surface area (Å²) in [7, 11) is 0. The number of hydrogen-bond acceptors (Lipinski definition) is 1. The van der Waals surface area contributed by atoms with Crippen molar-refractivity contribution in [1.82, 2.24) is 9.78 Å². The van der Waals surface area contributed by atoms with E-state index in [1.807, 2.05) is 11.6 Å². The van der Waals surface area contributed by atoms with Gasteiger partial charge in [0.1, 0.15) is 0 Å². The number of aryl methyl sites for hydroxylation is 3. The molecule has 0 fully saturated rings. The third-order valence-electron chi connectivity index (χ3n) is 2.72. The molecule has 1 heterocycles. The van der Waals surface area contributed by atoms with Crippen LogP contribution in [0.15, 0.2) is 24.3 Å². The maximum Gasteiger partial charge on any atom is 0.0651 e. The monoisotopic (exact) mass is 278 g/mol. The molecule has 0 amide bonds. The van der Waals surface area contributed by atoms with E-state index < -0.39 is 0 Å². The largest absolute Gasteiger partial charge is 0.238 e. The van der Waals surface area contributed by atoms with E-state index >= 15 is 0 Å². The number of halogens is 1. The van der Waals surface area contributed by atoms with E-state index in [9.17, 15) is 0 Å². The predicted molar refractivity (Wildman–Crippen MR) is 70.4 cm³/mol. The lowest BCUT2D eigenvalue weighted by atomic mass is 10.1. The highest BCUT2D eigenvalue weighted by molar-refractivity contribution is 9.08. The van der Waals surface area contributed by atoms with Gasteiger partial charge >= 0.3 is 0 Å². The van der Waals surface area contributed by atoms with Crippen molar-refractivity contribution in [2.75, 3.05) is 0 Å². The van der Waals surface area contributed by atoms with Crippen molar-refractivity contribution in [2.45, 2.75) is 26.1 Å². The van der Waals surface area contributed by atoms with Gasteiger partial charge in [-0.15, -0.1) is 0 Å². The van der Waals surface area contributed by atoms with Gasteiger partial charge in [-0.05, 0) is 50.1 Å². The van der Waals surface area contributed by atoms with E-state index in [0.717, 1.165) is 16.7 Å². The fourth-order valence-corrected chi connectivity index (χ4v) is 2.48. The van der Waals surface area contributed by atoms with Gasteiger partial charge in [-0.3, -0.25) is 0 Å². The summed E-state index contributed by atoms with van der Waals surface area (Å²) in [6.45, 7) is 6.22. The van der Waals surface area contributed by atoms with Crippen molar-refractivity contribution in [3.05, 3.63) is 46.8 Å². The molecule has 0 aliphatic heterocycles. The smallest absolute Gasteiger partial charge is 0.0651 e. The van der Waals surface area contributed by atoms with Crippen LogP contribution >= 0.6 is 15.9 Å². The molecule has 3 heteroatoms. The lowest BCUT2D eigenvalue weighted by molar-refractivity contribution is 0.832. The van der Waals surface area contributed by atoms with E-state index in [-0.39, 0.29) is 0 Å². The maximum absolute atomic E-state index is 4.48. The fraction of sp³-hybridized carbons (Fsp3) is 0.308. The number of benzene rings is 1. The lowest BCUT2D eigenvalue weighted by Crippen LogP contribution is -2.00. The Bertz CT molecular complexity index is 515. The first-order chi connectivity index (χ1) is 7.61. The van der Waals surface area contributed by atoms with Gasteiger partial charge in [0.25, 0.3) is 0 Å². The van der Waals surface area contributed by atoms with Gasteiger partial charge in [-0.25, -0.2) is 4.68 Å². The van der Waals surface area contributed by atoms with Crippen LogP contribution in [0.25, 0.3) is 5.69 Å². The van der Waals surface area contributed by atoms with Gasteiger partial charge in [-0.2, -0.15) is 5.10 Å². The Balaban J connectivity index is 2.49. The second kappa shape index (κ2) is 4.42. The van der Waals surface area contributed by atoms with Crippen LogP contribution < -0.4 is 0 Å². The quantitative estimate of drug-likeness (QED) is 0.766. The van der Waals surface area contributed by atoms with Gasteiger partial charge < -0.3 is 0 Å². The minimum atomic E-state index is 0.899. The van der Waals surface area contributed by atoms with Crippen molar-refractivity contribution in [3.63, 3.8) is 0 Å². The number of hydrogen-bond donors (Lipinski definition) is 0. The zero-order chi connectivity index (χ0) is 11.7. The highest BCUT2D eigenvalue weighted by Gasteiger charge is 2.05. The topological polar surface area (TPSA) is 17.8 Å². The fourth-order valence-electron chi connectivity index (χ4n) is 1.85. The summed E-state index contributed by atoms with van der Waals surface area (Å²) >= 11 is 3.49. The second-order valence-electron chi connectivity index (χ2n) is 4.08. The molecule has 84 valence electrons. The van der Waals surface area contributed by atoms with Crippen molar-refractivity contribution < 1.29 is 0 Å². The van der Waals surface area contributed by atoms with Crippen LogP contribution in [0, 0.1) is 20.8 Å². The zero-order valence-corrected chi connectivity index (χ0v) is 11.4. The van der Waals surface area contributed by atoms with Crippen LogP contribution in [0.3, 0.4) is 0 Å². The van der Waals surface area contributed by atoms with Crippen LogP contribution in [0.4, 0.5) is 0 Å². The number of nitrogens with zero attached hydrogens (tertiary/aromatic N) is 2. The van der Waals surface area contributed by atoms with E-state index in [1.165, 1.54) is 16.8 Å². The SMILES string of the molecule is Cc1cc(C)n(-c2ccc(CBr)c(C)c2)n1. The van der Waals surface area contributed by atoms with Gasteiger partial charge in [0.05, 0.1) is 11.4 Å². The normalized spacial score (nSPS) is 10.8. The van der Waals surface area contributed by atoms with E-state index in [2.05, 4.69) is 59.1 Å². The Morgan fingerprint density at radius 3 is 2.44 bits per heavy atom. The molecule has 0 radical (unpaired) electrons. The molecule has 2 nitrogen and oxygen atoms in total. The van der Waals surface area contributed by atoms with E-state index in [4.69, 9.17) is 0 Å². The molecule has 0 aliphatic carbocycles. The molecule has 0 bridgehead atoms. The summed E-state index contributed by atoms with van der Waals surface area (Å²) < 4.78 is 1.99. The summed E-state index contributed by atoms with van der Waals surface area (Å²) in [4.78, 5) is 0. The molecule has 16 heavy (non-hydrogen) atoms. The standard InChI is InChI=1S/C13H15BrN2/c1-9-6-13(5-4-12(9)8-14)16-11(3)7-10(2)15-16/h4-7H,8H2,1-3H3. The molecule has 0 aliphatic rings. The average Bonchev–Trinajstić information content (AvgIpc) is 2.58. The van der Waals surface area contributed by atoms with Gasteiger partial charge in [0.15, 0.2) is 0 Å². The molecule has 1 aromatic heterocycles. The minimum absolute atomic E-state index is 0.899. The maximum atomic E-state index is 4.48. The number of rotatable bonds is 2. The van der Waals surface area contributed by atoms with Gasteiger partial charge in [0, 0.05) is 11.0 Å². The summed E-state index contributed by atoms with van der Waals surface area (Å²) in [6, 6.07) is 8.53. The van der Waals surface area contributed by atoms with Crippen molar-refractivity contribution >= 4 is 15.9 Å². The van der Waals surface area contributed by atoms with Crippen molar-refractivity contribution in [3.8, 4) is 5.69 Å². The van der Waals surface area contributed by atoms with Crippen LogP contribution in [-0.4, -0.2) is 9.78 Å².